The zero-order valence-electron chi connectivity index (χ0n) is 9.87. The fraction of sp³-hybridized carbons (Fsp3) is 0.364. The SMILES string of the molecule is CN(C)CCNC(=O)c1ccc(Br)cc1N.Cl. The third-order valence-electron chi connectivity index (χ3n) is 2.10. The maximum Gasteiger partial charge on any atom is 0.253 e. The molecule has 1 aromatic rings. The van der Waals surface area contributed by atoms with E-state index in [1.165, 1.54) is 0 Å². The average molecular weight is 323 g/mol. The minimum Gasteiger partial charge on any atom is -0.398 e. The quantitative estimate of drug-likeness (QED) is 0.830. The van der Waals surface area contributed by atoms with E-state index >= 15 is 0 Å². The number of hydrogen-bond acceptors (Lipinski definition) is 3. The summed E-state index contributed by atoms with van der Waals surface area (Å²) in [6, 6.07) is 5.24. The third kappa shape index (κ3) is 5.39. The second kappa shape index (κ2) is 7.53. The Kier molecular flexibility index (Phi) is 7.18. The first-order valence-electron chi connectivity index (χ1n) is 4.98. The molecular weight excluding hydrogens is 305 g/mol. The molecule has 4 nitrogen and oxygen atoms in total. The van der Waals surface area contributed by atoms with E-state index in [0.717, 1.165) is 11.0 Å². The van der Waals surface area contributed by atoms with E-state index in [4.69, 9.17) is 5.73 Å². The summed E-state index contributed by atoms with van der Waals surface area (Å²) < 4.78 is 0.870. The van der Waals surface area contributed by atoms with Crippen LogP contribution in [0.1, 0.15) is 10.4 Å². The zero-order chi connectivity index (χ0) is 12.1. The number of benzene rings is 1. The molecule has 1 rings (SSSR count). The first-order valence-corrected chi connectivity index (χ1v) is 5.78. The van der Waals surface area contributed by atoms with Gasteiger partial charge in [-0.25, -0.2) is 0 Å². The summed E-state index contributed by atoms with van der Waals surface area (Å²) in [7, 11) is 3.92. The molecular formula is C11H17BrClN3O. The van der Waals surface area contributed by atoms with E-state index in [1.54, 1.807) is 18.2 Å². The van der Waals surface area contributed by atoms with Crippen molar-refractivity contribution in [3.63, 3.8) is 0 Å². The summed E-state index contributed by atoms with van der Waals surface area (Å²) in [5.74, 6) is -0.133. The number of likely N-dealkylation sites (N-methyl/N-ethyl adjacent to an activating group) is 1. The van der Waals surface area contributed by atoms with E-state index in [0.29, 0.717) is 17.8 Å². The van der Waals surface area contributed by atoms with Crippen molar-refractivity contribution in [3.05, 3.63) is 28.2 Å². The maximum absolute atomic E-state index is 11.7. The van der Waals surface area contributed by atoms with Crippen LogP contribution in [-0.2, 0) is 0 Å². The molecule has 0 unspecified atom stereocenters. The van der Waals surface area contributed by atoms with Crippen LogP contribution in [-0.4, -0.2) is 38.0 Å². The number of nitrogens with two attached hydrogens (primary N) is 1. The van der Waals surface area contributed by atoms with Crippen LogP contribution in [0.15, 0.2) is 22.7 Å². The molecule has 0 fully saturated rings. The highest BCUT2D eigenvalue weighted by Gasteiger charge is 2.08. The molecule has 6 heteroatoms. The van der Waals surface area contributed by atoms with Gasteiger partial charge < -0.3 is 16.0 Å². The Morgan fingerprint density at radius 1 is 1.47 bits per heavy atom. The van der Waals surface area contributed by atoms with Crippen molar-refractivity contribution in [3.8, 4) is 0 Å². The Morgan fingerprint density at radius 3 is 2.65 bits per heavy atom. The number of nitrogens with zero attached hydrogens (tertiary/aromatic N) is 1. The van der Waals surface area contributed by atoms with Gasteiger partial charge in [0.05, 0.1) is 5.56 Å². The molecule has 0 aliphatic heterocycles. The van der Waals surface area contributed by atoms with Gasteiger partial charge in [-0.1, -0.05) is 15.9 Å². The largest absolute Gasteiger partial charge is 0.398 e. The van der Waals surface area contributed by atoms with Crippen LogP contribution in [0, 0.1) is 0 Å². The average Bonchev–Trinajstić information content (AvgIpc) is 2.16. The first-order chi connectivity index (χ1) is 7.50. The first kappa shape index (κ1) is 16.2. The second-order valence-corrected chi connectivity index (χ2v) is 4.71. The number of hydrogen-bond donors (Lipinski definition) is 2. The molecule has 0 spiro atoms. The minimum absolute atomic E-state index is 0. The normalized spacial score (nSPS) is 9.88. The van der Waals surface area contributed by atoms with Crippen LogP contribution in [0.4, 0.5) is 5.69 Å². The highest BCUT2D eigenvalue weighted by Crippen LogP contribution is 2.18. The fourth-order valence-corrected chi connectivity index (χ4v) is 1.61. The topological polar surface area (TPSA) is 58.4 Å². The molecule has 0 atom stereocenters. The van der Waals surface area contributed by atoms with Crippen LogP contribution >= 0.6 is 28.3 Å². The van der Waals surface area contributed by atoms with Gasteiger partial charge >= 0.3 is 0 Å². The fourth-order valence-electron chi connectivity index (χ4n) is 1.23. The molecule has 17 heavy (non-hydrogen) atoms. The molecule has 3 N–H and O–H groups in total. The summed E-state index contributed by atoms with van der Waals surface area (Å²) >= 11 is 3.30. The number of nitrogens with one attached hydrogen (secondary N) is 1. The number of rotatable bonds is 4. The van der Waals surface area contributed by atoms with Crippen LogP contribution in [0.25, 0.3) is 0 Å². The van der Waals surface area contributed by atoms with Crippen molar-refractivity contribution in [1.29, 1.82) is 0 Å². The number of carbonyl (C=O) groups is 1. The number of halogens is 2. The summed E-state index contributed by atoms with van der Waals surface area (Å²) in [5, 5.41) is 2.81. The lowest BCUT2D eigenvalue weighted by Gasteiger charge is -2.11. The lowest BCUT2D eigenvalue weighted by atomic mass is 10.1. The van der Waals surface area contributed by atoms with Crippen LogP contribution in [0.3, 0.4) is 0 Å². The van der Waals surface area contributed by atoms with Gasteiger partial charge in [-0.2, -0.15) is 0 Å². The highest BCUT2D eigenvalue weighted by atomic mass is 79.9. The predicted molar refractivity (Wildman–Crippen MR) is 76.7 cm³/mol. The maximum atomic E-state index is 11.7. The minimum atomic E-state index is -0.133. The smallest absolute Gasteiger partial charge is 0.253 e. The van der Waals surface area contributed by atoms with Crippen molar-refractivity contribution in [2.45, 2.75) is 0 Å². The molecule has 0 radical (unpaired) electrons. The molecule has 1 amide bonds. The monoisotopic (exact) mass is 321 g/mol. The van der Waals surface area contributed by atoms with Crippen molar-refractivity contribution < 1.29 is 4.79 Å². The van der Waals surface area contributed by atoms with E-state index in [1.807, 2.05) is 19.0 Å². The van der Waals surface area contributed by atoms with Gasteiger partial charge in [-0.05, 0) is 32.3 Å². The molecule has 0 aliphatic rings. The summed E-state index contributed by atoms with van der Waals surface area (Å²) in [4.78, 5) is 13.7. The van der Waals surface area contributed by atoms with Crippen molar-refractivity contribution in [2.75, 3.05) is 32.9 Å². The van der Waals surface area contributed by atoms with Gasteiger partial charge in [-0.15, -0.1) is 12.4 Å². The van der Waals surface area contributed by atoms with Gasteiger partial charge in [0.25, 0.3) is 5.91 Å². The number of amides is 1. The van der Waals surface area contributed by atoms with E-state index in [9.17, 15) is 4.79 Å². The predicted octanol–water partition coefficient (Wildman–Crippen LogP) is 1.74. The number of anilines is 1. The summed E-state index contributed by atoms with van der Waals surface area (Å²) in [6.45, 7) is 1.42. The molecule has 0 saturated heterocycles. The third-order valence-corrected chi connectivity index (χ3v) is 2.60. The molecule has 0 saturated carbocycles. The molecule has 1 aromatic carbocycles. The molecule has 0 heterocycles. The number of carbonyl (C=O) groups excluding carboxylic acids is 1. The summed E-state index contributed by atoms with van der Waals surface area (Å²) in [6.07, 6.45) is 0. The van der Waals surface area contributed by atoms with E-state index in [2.05, 4.69) is 21.2 Å². The Balaban J connectivity index is 0.00000256. The van der Waals surface area contributed by atoms with Gasteiger partial charge in [0.1, 0.15) is 0 Å². The lowest BCUT2D eigenvalue weighted by Crippen LogP contribution is -2.31. The molecule has 96 valence electrons. The Bertz CT molecular complexity index is 385. The van der Waals surface area contributed by atoms with Crippen molar-refractivity contribution in [1.82, 2.24) is 10.2 Å². The Labute approximate surface area is 116 Å². The lowest BCUT2D eigenvalue weighted by molar-refractivity contribution is 0.0952. The highest BCUT2D eigenvalue weighted by molar-refractivity contribution is 9.10. The standard InChI is InChI=1S/C11H16BrN3O.ClH/c1-15(2)6-5-14-11(16)9-4-3-8(12)7-10(9)13;/h3-4,7H,5-6,13H2,1-2H3,(H,14,16);1H. The van der Waals surface area contributed by atoms with Crippen LogP contribution in [0.5, 0.6) is 0 Å². The van der Waals surface area contributed by atoms with Crippen LogP contribution in [0.2, 0.25) is 0 Å². The zero-order valence-corrected chi connectivity index (χ0v) is 12.3. The second-order valence-electron chi connectivity index (χ2n) is 3.79. The van der Waals surface area contributed by atoms with Gasteiger partial charge in [0.2, 0.25) is 0 Å². The van der Waals surface area contributed by atoms with Crippen molar-refractivity contribution >= 4 is 39.9 Å². The van der Waals surface area contributed by atoms with E-state index in [-0.39, 0.29) is 18.3 Å². The molecule has 0 aromatic heterocycles. The van der Waals surface area contributed by atoms with Gasteiger partial charge in [0, 0.05) is 23.2 Å². The van der Waals surface area contributed by atoms with Crippen molar-refractivity contribution in [2.24, 2.45) is 0 Å². The Morgan fingerprint density at radius 2 is 2.12 bits per heavy atom. The van der Waals surface area contributed by atoms with Crippen LogP contribution < -0.4 is 11.1 Å². The Hall–Kier alpha value is -0.780. The van der Waals surface area contributed by atoms with Gasteiger partial charge in [0.15, 0.2) is 0 Å². The molecule has 0 bridgehead atoms. The molecule has 0 aliphatic carbocycles. The van der Waals surface area contributed by atoms with E-state index < -0.39 is 0 Å². The van der Waals surface area contributed by atoms with Gasteiger partial charge in [-0.3, -0.25) is 4.79 Å². The number of nitrogen functional groups attached to an aromatic ring is 1. The summed E-state index contributed by atoms with van der Waals surface area (Å²) in [5.41, 5.74) is 6.75.